The van der Waals surface area contributed by atoms with Gasteiger partial charge in [-0.05, 0) is 30.4 Å². The summed E-state index contributed by atoms with van der Waals surface area (Å²) in [6.45, 7) is 6.32. The molecule has 1 atom stereocenters. The highest BCUT2D eigenvalue weighted by molar-refractivity contribution is 7.91. The monoisotopic (exact) mass is 397 g/mol. The van der Waals surface area contributed by atoms with Crippen LogP contribution in [0.4, 0.5) is 0 Å². The van der Waals surface area contributed by atoms with Crippen molar-refractivity contribution in [3.05, 3.63) is 28.7 Å². The van der Waals surface area contributed by atoms with Crippen LogP contribution in [0.2, 0.25) is 0 Å². The van der Waals surface area contributed by atoms with Crippen LogP contribution >= 0.6 is 11.3 Å². The summed E-state index contributed by atoms with van der Waals surface area (Å²) in [6.07, 6.45) is 2.31. The third-order valence-corrected chi connectivity index (χ3v) is 8.73. The van der Waals surface area contributed by atoms with Gasteiger partial charge in [-0.1, -0.05) is 25.9 Å². The minimum Gasteiger partial charge on any atom is -0.379 e. The van der Waals surface area contributed by atoms with Gasteiger partial charge in [0.05, 0.1) is 6.54 Å². The highest BCUT2D eigenvalue weighted by Gasteiger charge is 2.47. The average Bonchev–Trinajstić information content (AvgIpc) is 3.01. The van der Waals surface area contributed by atoms with Gasteiger partial charge in [0.2, 0.25) is 0 Å². The van der Waals surface area contributed by atoms with E-state index < -0.39 is 15.6 Å². The second-order valence-corrected chi connectivity index (χ2v) is 11.5. The number of hydrogen-bond acceptors (Lipinski definition) is 7. The third-order valence-electron chi connectivity index (χ3n) is 4.91. The van der Waals surface area contributed by atoms with Gasteiger partial charge in [-0.3, -0.25) is 0 Å². The molecule has 26 heavy (non-hydrogen) atoms. The first-order chi connectivity index (χ1) is 12.1. The summed E-state index contributed by atoms with van der Waals surface area (Å²) in [5, 5.41) is 14.8. The van der Waals surface area contributed by atoms with Crippen molar-refractivity contribution < 1.29 is 18.0 Å². The Kier molecular flexibility index (Phi) is 4.07. The first-order valence-electron chi connectivity index (χ1n) is 8.76. The van der Waals surface area contributed by atoms with Crippen molar-refractivity contribution in [2.24, 2.45) is 0 Å². The van der Waals surface area contributed by atoms with E-state index in [1.54, 1.807) is 6.07 Å². The Labute approximate surface area is 157 Å². The van der Waals surface area contributed by atoms with Gasteiger partial charge in [0.15, 0.2) is 11.4 Å². The Morgan fingerprint density at radius 3 is 2.69 bits per heavy atom. The van der Waals surface area contributed by atoms with Crippen LogP contribution < -0.4 is 0 Å². The van der Waals surface area contributed by atoms with Crippen molar-refractivity contribution in [3.63, 3.8) is 0 Å². The van der Waals surface area contributed by atoms with Crippen molar-refractivity contribution in [2.45, 2.75) is 61.2 Å². The number of sulfonamides is 1. The van der Waals surface area contributed by atoms with Crippen molar-refractivity contribution in [3.8, 4) is 0 Å². The number of nitrogens with zero attached hydrogens (tertiary/aromatic N) is 3. The number of β-amino-alcohol motifs (C(OH)–C–C–N with tert-alkyl or cyclic N) is 1. The molecule has 3 heterocycles. The van der Waals surface area contributed by atoms with Gasteiger partial charge in [-0.15, -0.1) is 11.3 Å². The molecule has 0 spiro atoms. The van der Waals surface area contributed by atoms with Crippen LogP contribution in [0.1, 0.15) is 62.5 Å². The number of aromatic nitrogens is 2. The smallest absolute Gasteiger partial charge is 0.260 e. The molecule has 1 N–H and O–H groups in total. The lowest BCUT2D eigenvalue weighted by molar-refractivity contribution is 0.0194. The summed E-state index contributed by atoms with van der Waals surface area (Å²) in [7, 11) is -3.65. The highest BCUT2D eigenvalue weighted by Crippen LogP contribution is 2.41. The summed E-state index contributed by atoms with van der Waals surface area (Å²) < 4.78 is 32.8. The van der Waals surface area contributed by atoms with Gasteiger partial charge in [0.25, 0.3) is 15.9 Å². The van der Waals surface area contributed by atoms with E-state index in [9.17, 15) is 13.5 Å². The van der Waals surface area contributed by atoms with E-state index in [0.717, 1.165) is 17.7 Å². The Hall–Kier alpha value is -1.29. The van der Waals surface area contributed by atoms with E-state index in [4.69, 9.17) is 4.52 Å². The third kappa shape index (κ3) is 3.11. The van der Waals surface area contributed by atoms with E-state index in [0.29, 0.717) is 16.0 Å². The van der Waals surface area contributed by atoms with Crippen molar-refractivity contribution in [1.82, 2.24) is 14.4 Å². The maximum Gasteiger partial charge on any atom is 0.260 e. The lowest BCUT2D eigenvalue weighted by Gasteiger charge is -2.19. The fraction of sp³-hybridized carbons (Fsp3) is 0.647. The van der Waals surface area contributed by atoms with E-state index in [2.05, 4.69) is 30.9 Å². The molecular weight excluding hydrogens is 374 g/mol. The van der Waals surface area contributed by atoms with Crippen molar-refractivity contribution in [2.75, 3.05) is 13.1 Å². The molecule has 2 aromatic heterocycles. The van der Waals surface area contributed by atoms with Crippen LogP contribution in [-0.2, 0) is 21.0 Å². The molecule has 1 unspecified atom stereocenters. The topological polar surface area (TPSA) is 96.5 Å². The second kappa shape index (κ2) is 5.85. The molecule has 0 amide bonds. The maximum absolute atomic E-state index is 13.0. The van der Waals surface area contributed by atoms with Gasteiger partial charge in [0, 0.05) is 23.8 Å². The SMILES string of the molecule is CC(C)(C)c1ccc(S(=O)(=O)N2CCC(O)(c3nc(C4CC4)no3)C2)s1. The summed E-state index contributed by atoms with van der Waals surface area (Å²) in [4.78, 5) is 5.32. The summed E-state index contributed by atoms with van der Waals surface area (Å²) >= 11 is 1.28. The molecule has 1 aliphatic carbocycles. The maximum atomic E-state index is 13.0. The Morgan fingerprint density at radius 1 is 1.35 bits per heavy atom. The molecule has 2 aromatic rings. The first-order valence-corrected chi connectivity index (χ1v) is 11.0. The predicted molar refractivity (Wildman–Crippen MR) is 96.6 cm³/mol. The fourth-order valence-corrected chi connectivity index (χ4v) is 6.07. The Morgan fingerprint density at radius 2 is 2.08 bits per heavy atom. The molecule has 0 radical (unpaired) electrons. The number of hydrogen-bond donors (Lipinski definition) is 1. The average molecular weight is 398 g/mol. The van der Waals surface area contributed by atoms with Crippen LogP contribution in [0, 0.1) is 0 Å². The van der Waals surface area contributed by atoms with E-state index >= 15 is 0 Å². The molecule has 1 aliphatic heterocycles. The molecule has 4 rings (SSSR count). The largest absolute Gasteiger partial charge is 0.379 e. The van der Waals surface area contributed by atoms with Gasteiger partial charge in [0.1, 0.15) is 4.21 Å². The Balaban J connectivity index is 1.55. The molecular formula is C17H23N3O4S2. The van der Waals surface area contributed by atoms with Crippen molar-refractivity contribution in [1.29, 1.82) is 0 Å². The normalized spacial score (nSPS) is 25.1. The number of thiophene rings is 1. The standard InChI is InChI=1S/C17H23N3O4S2/c1-16(2,3)12-6-7-13(25-12)26(22,23)20-9-8-17(21,10-20)15-18-14(19-24-15)11-4-5-11/h6-7,11,21H,4-5,8-10H2,1-3H3. The zero-order valence-electron chi connectivity index (χ0n) is 15.1. The van der Waals surface area contributed by atoms with Gasteiger partial charge >= 0.3 is 0 Å². The van der Waals surface area contributed by atoms with E-state index in [1.165, 1.54) is 15.6 Å². The minimum atomic E-state index is -3.65. The zero-order chi connectivity index (χ0) is 18.7. The summed E-state index contributed by atoms with van der Waals surface area (Å²) in [5.41, 5.74) is -1.52. The summed E-state index contributed by atoms with van der Waals surface area (Å²) in [6, 6.07) is 3.51. The van der Waals surface area contributed by atoms with Gasteiger partial charge in [-0.2, -0.15) is 9.29 Å². The number of rotatable bonds is 4. The molecule has 0 aromatic carbocycles. The van der Waals surface area contributed by atoms with Gasteiger partial charge in [-0.25, -0.2) is 8.42 Å². The molecule has 1 saturated heterocycles. The second-order valence-electron chi connectivity index (χ2n) is 8.22. The van der Waals surface area contributed by atoms with E-state index in [-0.39, 0.29) is 30.8 Å². The lowest BCUT2D eigenvalue weighted by atomic mass is 9.95. The molecule has 2 aliphatic rings. The quantitative estimate of drug-likeness (QED) is 0.852. The fourth-order valence-electron chi connectivity index (χ4n) is 3.06. The molecule has 2 fully saturated rings. The van der Waals surface area contributed by atoms with Crippen LogP contribution in [0.25, 0.3) is 0 Å². The minimum absolute atomic E-state index is 0.0651. The van der Waals surface area contributed by atoms with Gasteiger partial charge < -0.3 is 9.63 Å². The van der Waals surface area contributed by atoms with E-state index in [1.807, 2.05) is 6.07 Å². The highest BCUT2D eigenvalue weighted by atomic mass is 32.2. The van der Waals surface area contributed by atoms with Crippen LogP contribution in [-0.4, -0.2) is 41.1 Å². The molecule has 9 heteroatoms. The summed E-state index contributed by atoms with van der Waals surface area (Å²) in [5.74, 6) is 1.06. The number of aliphatic hydroxyl groups is 1. The molecule has 0 bridgehead atoms. The first kappa shape index (κ1) is 18.1. The zero-order valence-corrected chi connectivity index (χ0v) is 16.7. The van der Waals surface area contributed by atoms with Crippen LogP contribution in [0.15, 0.2) is 20.9 Å². The molecule has 7 nitrogen and oxygen atoms in total. The van der Waals surface area contributed by atoms with Crippen LogP contribution in [0.3, 0.4) is 0 Å². The lowest BCUT2D eigenvalue weighted by Crippen LogP contribution is -2.34. The molecule has 142 valence electrons. The molecule has 1 saturated carbocycles. The predicted octanol–water partition coefficient (Wildman–Crippen LogP) is 2.59. The Bertz CT molecular complexity index is 924. The van der Waals surface area contributed by atoms with Crippen LogP contribution in [0.5, 0.6) is 0 Å². The van der Waals surface area contributed by atoms with Crippen molar-refractivity contribution >= 4 is 21.4 Å².